The molecule has 86 valence electrons. The number of likely N-dealkylation sites (N-methyl/N-ethyl adjacent to an activating group) is 1. The topological polar surface area (TPSA) is 33.1 Å². The number of hydrogen-bond donors (Lipinski definition) is 1. The van der Waals surface area contributed by atoms with Crippen molar-refractivity contribution in [3.63, 3.8) is 0 Å². The smallest absolute Gasteiger partial charge is 0.0831 e. The number of nitrogens with zero attached hydrogens (tertiary/aromatic N) is 3. The molecule has 0 aliphatic heterocycles. The lowest BCUT2D eigenvalue weighted by atomic mass is 10.4. The van der Waals surface area contributed by atoms with Crippen molar-refractivity contribution in [2.24, 2.45) is 0 Å². The number of nitrogens with one attached hydrogen (secondary N) is 1. The minimum absolute atomic E-state index is 0.745. The number of rotatable bonds is 6. The van der Waals surface area contributed by atoms with E-state index in [0.29, 0.717) is 0 Å². The Labute approximate surface area is 96.2 Å². The maximum atomic E-state index is 6.06. The standard InChI is InChI=1S/C10H19ClN4/c1-4-12-8-10-9(11)7-13-15(10)6-5-14(2)3/h7,12H,4-6,8H2,1-3H3. The summed E-state index contributed by atoms with van der Waals surface area (Å²) in [4.78, 5) is 2.13. The third-order valence-corrected chi connectivity index (χ3v) is 2.51. The normalized spacial score (nSPS) is 11.3. The molecule has 1 aromatic rings. The van der Waals surface area contributed by atoms with Crippen LogP contribution >= 0.6 is 11.6 Å². The summed E-state index contributed by atoms with van der Waals surface area (Å²) in [6.45, 7) is 5.64. The Bertz CT molecular complexity index is 296. The van der Waals surface area contributed by atoms with Crippen LogP contribution in [-0.4, -0.2) is 41.9 Å². The monoisotopic (exact) mass is 230 g/mol. The summed E-state index contributed by atoms with van der Waals surface area (Å²) < 4.78 is 1.96. The molecule has 0 aromatic carbocycles. The van der Waals surface area contributed by atoms with Crippen LogP contribution in [0.3, 0.4) is 0 Å². The molecular formula is C10H19ClN4. The van der Waals surface area contributed by atoms with Gasteiger partial charge in [0.05, 0.1) is 23.5 Å². The maximum absolute atomic E-state index is 6.06. The van der Waals surface area contributed by atoms with Crippen LogP contribution in [-0.2, 0) is 13.1 Å². The first kappa shape index (κ1) is 12.5. The van der Waals surface area contributed by atoms with Crippen molar-refractivity contribution in [1.29, 1.82) is 0 Å². The fraction of sp³-hybridized carbons (Fsp3) is 0.700. The van der Waals surface area contributed by atoms with E-state index in [9.17, 15) is 0 Å². The van der Waals surface area contributed by atoms with Gasteiger partial charge in [0.2, 0.25) is 0 Å². The molecule has 0 aliphatic rings. The second kappa shape index (κ2) is 6.10. The molecule has 1 N–H and O–H groups in total. The van der Waals surface area contributed by atoms with Gasteiger partial charge in [0.25, 0.3) is 0 Å². The van der Waals surface area contributed by atoms with E-state index in [1.165, 1.54) is 0 Å². The molecule has 0 saturated carbocycles. The molecule has 15 heavy (non-hydrogen) atoms. The molecule has 0 atom stereocenters. The van der Waals surface area contributed by atoms with Crippen molar-refractivity contribution in [2.45, 2.75) is 20.0 Å². The van der Waals surface area contributed by atoms with Gasteiger partial charge in [0.1, 0.15) is 0 Å². The molecule has 0 saturated heterocycles. The number of aromatic nitrogens is 2. The fourth-order valence-electron chi connectivity index (χ4n) is 1.29. The van der Waals surface area contributed by atoms with Gasteiger partial charge >= 0.3 is 0 Å². The van der Waals surface area contributed by atoms with Crippen molar-refractivity contribution in [3.05, 3.63) is 16.9 Å². The summed E-state index contributed by atoms with van der Waals surface area (Å²) >= 11 is 6.06. The van der Waals surface area contributed by atoms with E-state index in [4.69, 9.17) is 11.6 Å². The molecule has 0 amide bonds. The molecule has 0 aliphatic carbocycles. The fourth-order valence-corrected chi connectivity index (χ4v) is 1.50. The van der Waals surface area contributed by atoms with Crippen LogP contribution in [0, 0.1) is 0 Å². The Morgan fingerprint density at radius 3 is 2.87 bits per heavy atom. The Morgan fingerprint density at radius 1 is 1.53 bits per heavy atom. The minimum Gasteiger partial charge on any atom is -0.311 e. The van der Waals surface area contributed by atoms with Gasteiger partial charge in [-0.2, -0.15) is 5.10 Å². The lowest BCUT2D eigenvalue weighted by molar-refractivity contribution is 0.368. The third-order valence-electron chi connectivity index (χ3n) is 2.20. The second-order valence-electron chi connectivity index (χ2n) is 3.75. The van der Waals surface area contributed by atoms with Crippen molar-refractivity contribution >= 4 is 11.6 Å². The predicted octanol–water partition coefficient (Wildman–Crippen LogP) is 1.21. The third kappa shape index (κ3) is 3.81. The van der Waals surface area contributed by atoms with E-state index in [2.05, 4.69) is 36.3 Å². The number of halogens is 1. The van der Waals surface area contributed by atoms with E-state index in [1.807, 2.05) is 4.68 Å². The molecule has 0 bridgehead atoms. The van der Waals surface area contributed by atoms with Crippen LogP contribution < -0.4 is 5.32 Å². The highest BCUT2D eigenvalue weighted by Crippen LogP contribution is 2.14. The first-order chi connectivity index (χ1) is 7.15. The van der Waals surface area contributed by atoms with Gasteiger partial charge in [-0.3, -0.25) is 4.68 Å². The Morgan fingerprint density at radius 2 is 2.27 bits per heavy atom. The summed E-state index contributed by atoms with van der Waals surface area (Å²) in [5.41, 5.74) is 1.07. The average molecular weight is 231 g/mol. The Hall–Kier alpha value is -0.580. The van der Waals surface area contributed by atoms with E-state index < -0.39 is 0 Å². The average Bonchev–Trinajstić information content (AvgIpc) is 2.53. The first-order valence-electron chi connectivity index (χ1n) is 5.20. The SMILES string of the molecule is CCNCc1c(Cl)cnn1CCN(C)C. The van der Waals surface area contributed by atoms with E-state index in [0.717, 1.165) is 36.9 Å². The molecule has 1 rings (SSSR count). The lowest BCUT2D eigenvalue weighted by Gasteiger charge is -2.12. The summed E-state index contributed by atoms with van der Waals surface area (Å²) in [6, 6.07) is 0. The van der Waals surface area contributed by atoms with Gasteiger partial charge < -0.3 is 10.2 Å². The van der Waals surface area contributed by atoms with Crippen molar-refractivity contribution < 1.29 is 0 Å². The lowest BCUT2D eigenvalue weighted by Crippen LogP contribution is -2.22. The molecule has 4 nitrogen and oxygen atoms in total. The van der Waals surface area contributed by atoms with E-state index in [-0.39, 0.29) is 0 Å². The molecule has 1 aromatic heterocycles. The Kier molecular flexibility index (Phi) is 5.08. The highest BCUT2D eigenvalue weighted by atomic mass is 35.5. The number of hydrogen-bond acceptors (Lipinski definition) is 3. The summed E-state index contributed by atoms with van der Waals surface area (Å²) in [7, 11) is 4.10. The molecule has 0 spiro atoms. The summed E-state index contributed by atoms with van der Waals surface area (Å²) in [6.07, 6.45) is 1.71. The van der Waals surface area contributed by atoms with Crippen LogP contribution in [0.4, 0.5) is 0 Å². The van der Waals surface area contributed by atoms with Gasteiger partial charge in [0, 0.05) is 13.1 Å². The van der Waals surface area contributed by atoms with E-state index >= 15 is 0 Å². The summed E-state index contributed by atoms with van der Waals surface area (Å²) in [5, 5.41) is 8.26. The van der Waals surface area contributed by atoms with Gasteiger partial charge in [-0.1, -0.05) is 18.5 Å². The predicted molar refractivity (Wildman–Crippen MR) is 63.2 cm³/mol. The minimum atomic E-state index is 0.745. The van der Waals surface area contributed by atoms with Gasteiger partial charge in [-0.15, -0.1) is 0 Å². The van der Waals surface area contributed by atoms with Crippen LogP contribution in [0.25, 0.3) is 0 Å². The zero-order chi connectivity index (χ0) is 11.3. The van der Waals surface area contributed by atoms with E-state index in [1.54, 1.807) is 6.20 Å². The molecule has 0 radical (unpaired) electrons. The van der Waals surface area contributed by atoms with Gasteiger partial charge in [0.15, 0.2) is 0 Å². The highest BCUT2D eigenvalue weighted by molar-refractivity contribution is 6.31. The van der Waals surface area contributed by atoms with Crippen LogP contribution in [0.2, 0.25) is 5.02 Å². The van der Waals surface area contributed by atoms with Crippen LogP contribution in [0.15, 0.2) is 6.20 Å². The van der Waals surface area contributed by atoms with Gasteiger partial charge in [-0.05, 0) is 20.6 Å². The quantitative estimate of drug-likeness (QED) is 0.798. The van der Waals surface area contributed by atoms with Crippen LogP contribution in [0.5, 0.6) is 0 Å². The first-order valence-corrected chi connectivity index (χ1v) is 5.58. The van der Waals surface area contributed by atoms with Crippen molar-refractivity contribution in [3.8, 4) is 0 Å². The molecule has 1 heterocycles. The largest absolute Gasteiger partial charge is 0.311 e. The van der Waals surface area contributed by atoms with Gasteiger partial charge in [-0.25, -0.2) is 0 Å². The van der Waals surface area contributed by atoms with Crippen molar-refractivity contribution in [1.82, 2.24) is 20.0 Å². The Balaban J connectivity index is 2.61. The maximum Gasteiger partial charge on any atom is 0.0831 e. The second-order valence-corrected chi connectivity index (χ2v) is 4.15. The van der Waals surface area contributed by atoms with Crippen molar-refractivity contribution in [2.75, 3.05) is 27.2 Å². The molecule has 0 fully saturated rings. The summed E-state index contributed by atoms with van der Waals surface area (Å²) in [5.74, 6) is 0. The zero-order valence-corrected chi connectivity index (χ0v) is 10.4. The zero-order valence-electron chi connectivity index (χ0n) is 9.63. The highest BCUT2D eigenvalue weighted by Gasteiger charge is 2.08. The molecule has 0 unspecified atom stereocenters. The molecule has 5 heteroatoms. The molecular weight excluding hydrogens is 212 g/mol. The van der Waals surface area contributed by atoms with Crippen LogP contribution in [0.1, 0.15) is 12.6 Å².